The van der Waals surface area contributed by atoms with Crippen molar-refractivity contribution in [3.8, 4) is 0 Å². The average Bonchev–Trinajstić information content (AvgIpc) is 2.48. The van der Waals surface area contributed by atoms with Crippen LogP contribution in [0.1, 0.15) is 0 Å². The fourth-order valence-electron chi connectivity index (χ4n) is 1.90. The van der Waals surface area contributed by atoms with E-state index in [4.69, 9.17) is 23.2 Å². The minimum absolute atomic E-state index is 0.299. The highest BCUT2D eigenvalue weighted by molar-refractivity contribution is 7.92. The number of anilines is 2. The minimum atomic E-state index is -3.59. The number of nitrogens with one attached hydrogen (secondary N) is 1. The summed E-state index contributed by atoms with van der Waals surface area (Å²) in [4.78, 5) is 12.1. The molecule has 2 aromatic rings. The third kappa shape index (κ3) is 4.86. The number of hydrogen-bond donors (Lipinski definition) is 1. The van der Waals surface area contributed by atoms with E-state index in [-0.39, 0.29) is 6.54 Å². The molecule has 0 atom stereocenters. The van der Waals surface area contributed by atoms with Crippen molar-refractivity contribution >= 4 is 50.5 Å². The van der Waals surface area contributed by atoms with Crippen LogP contribution >= 0.6 is 23.2 Å². The molecule has 8 heteroatoms. The van der Waals surface area contributed by atoms with E-state index in [0.717, 1.165) is 10.6 Å². The lowest BCUT2D eigenvalue weighted by Crippen LogP contribution is -2.37. The molecule has 0 aliphatic rings. The number of para-hydroxylation sites is 1. The Balaban J connectivity index is 2.17. The molecule has 0 unspecified atom stereocenters. The van der Waals surface area contributed by atoms with E-state index in [0.29, 0.717) is 21.4 Å². The average molecular weight is 373 g/mol. The second kappa shape index (κ2) is 7.21. The first kappa shape index (κ1) is 17.6. The van der Waals surface area contributed by atoms with Crippen LogP contribution in [0.25, 0.3) is 0 Å². The lowest BCUT2D eigenvalue weighted by atomic mass is 10.3. The molecule has 0 saturated heterocycles. The summed E-state index contributed by atoms with van der Waals surface area (Å²) in [7, 11) is -3.59. The van der Waals surface area contributed by atoms with Crippen LogP contribution < -0.4 is 9.62 Å². The number of hydrogen-bond acceptors (Lipinski definition) is 3. The van der Waals surface area contributed by atoms with Gasteiger partial charge in [0.1, 0.15) is 6.54 Å². The van der Waals surface area contributed by atoms with Gasteiger partial charge >= 0.3 is 0 Å². The van der Waals surface area contributed by atoms with Crippen LogP contribution in [0.15, 0.2) is 48.5 Å². The monoisotopic (exact) mass is 372 g/mol. The molecule has 0 heterocycles. The molecule has 1 N–H and O–H groups in total. The van der Waals surface area contributed by atoms with Gasteiger partial charge in [-0.15, -0.1) is 0 Å². The predicted octanol–water partition coefficient (Wildman–Crippen LogP) is 3.40. The summed E-state index contributed by atoms with van der Waals surface area (Å²) in [5.74, 6) is -0.488. The Morgan fingerprint density at radius 2 is 1.74 bits per heavy atom. The first-order valence-corrected chi connectivity index (χ1v) is 9.15. The third-order valence-corrected chi connectivity index (χ3v) is 4.81. The molecule has 0 aromatic heterocycles. The van der Waals surface area contributed by atoms with Crippen LogP contribution in [-0.2, 0) is 14.8 Å². The maximum Gasteiger partial charge on any atom is 0.245 e. The molecule has 2 rings (SSSR count). The van der Waals surface area contributed by atoms with Crippen LogP contribution in [0.5, 0.6) is 0 Å². The predicted molar refractivity (Wildman–Crippen MR) is 93.7 cm³/mol. The third-order valence-electron chi connectivity index (χ3n) is 2.94. The number of carbonyl (C=O) groups is 1. The molecule has 0 aliphatic carbocycles. The van der Waals surface area contributed by atoms with Crippen molar-refractivity contribution in [1.82, 2.24) is 0 Å². The highest BCUT2D eigenvalue weighted by Gasteiger charge is 2.20. The maximum atomic E-state index is 12.1. The fourth-order valence-corrected chi connectivity index (χ4v) is 3.05. The number of amides is 1. The van der Waals surface area contributed by atoms with Gasteiger partial charge in [-0.3, -0.25) is 9.10 Å². The Kier molecular flexibility index (Phi) is 5.51. The molecular formula is C15H14Cl2N2O3S. The molecule has 122 valence electrons. The zero-order valence-electron chi connectivity index (χ0n) is 12.2. The first-order valence-electron chi connectivity index (χ1n) is 6.55. The molecule has 23 heavy (non-hydrogen) atoms. The van der Waals surface area contributed by atoms with Gasteiger partial charge in [-0.25, -0.2) is 8.42 Å². The number of carbonyl (C=O) groups excluding carboxylic acids is 1. The van der Waals surface area contributed by atoms with E-state index in [2.05, 4.69) is 5.32 Å². The zero-order chi connectivity index (χ0) is 17.0. The van der Waals surface area contributed by atoms with E-state index in [1.165, 1.54) is 6.07 Å². The second-order valence-corrected chi connectivity index (χ2v) is 7.50. The summed E-state index contributed by atoms with van der Waals surface area (Å²) < 4.78 is 24.9. The van der Waals surface area contributed by atoms with E-state index in [9.17, 15) is 13.2 Å². The quantitative estimate of drug-likeness (QED) is 0.874. The molecule has 0 aliphatic heterocycles. The maximum absolute atomic E-state index is 12.1. The van der Waals surface area contributed by atoms with Gasteiger partial charge in [0.25, 0.3) is 0 Å². The topological polar surface area (TPSA) is 66.5 Å². The normalized spacial score (nSPS) is 11.1. The minimum Gasteiger partial charge on any atom is -0.324 e. The summed E-state index contributed by atoms with van der Waals surface area (Å²) in [6.45, 7) is -0.344. The van der Waals surface area contributed by atoms with Crippen molar-refractivity contribution in [3.05, 3.63) is 58.6 Å². The van der Waals surface area contributed by atoms with Crippen LogP contribution in [-0.4, -0.2) is 27.1 Å². The van der Waals surface area contributed by atoms with Crippen molar-refractivity contribution in [2.75, 3.05) is 22.4 Å². The summed E-state index contributed by atoms with van der Waals surface area (Å²) in [6, 6.07) is 13.0. The van der Waals surface area contributed by atoms with E-state index in [1.807, 2.05) is 0 Å². The Hall–Kier alpha value is -1.76. The van der Waals surface area contributed by atoms with E-state index in [1.54, 1.807) is 42.5 Å². The Morgan fingerprint density at radius 3 is 2.30 bits per heavy atom. The molecule has 5 nitrogen and oxygen atoms in total. The SMILES string of the molecule is CS(=O)(=O)N(CC(=O)Nc1ccc(Cl)c(Cl)c1)c1ccccc1. The van der Waals surface area contributed by atoms with Crippen LogP contribution in [0.4, 0.5) is 11.4 Å². The Labute approximate surface area is 144 Å². The van der Waals surface area contributed by atoms with Gasteiger partial charge in [0, 0.05) is 5.69 Å². The summed E-state index contributed by atoms with van der Waals surface area (Å²) >= 11 is 11.7. The van der Waals surface area contributed by atoms with Gasteiger partial charge in [0.05, 0.1) is 22.0 Å². The summed E-state index contributed by atoms with van der Waals surface area (Å²) in [5.41, 5.74) is 0.852. The van der Waals surface area contributed by atoms with Gasteiger partial charge in [-0.2, -0.15) is 0 Å². The highest BCUT2D eigenvalue weighted by Crippen LogP contribution is 2.25. The van der Waals surface area contributed by atoms with Crippen molar-refractivity contribution in [2.24, 2.45) is 0 Å². The lowest BCUT2D eigenvalue weighted by molar-refractivity contribution is -0.114. The number of halogens is 2. The molecule has 0 bridgehead atoms. The van der Waals surface area contributed by atoms with Crippen LogP contribution in [0.3, 0.4) is 0 Å². The Bertz CT molecular complexity index is 811. The molecule has 0 radical (unpaired) electrons. The number of nitrogens with zero attached hydrogens (tertiary/aromatic N) is 1. The molecular weight excluding hydrogens is 359 g/mol. The number of benzene rings is 2. The van der Waals surface area contributed by atoms with Crippen LogP contribution in [0.2, 0.25) is 10.0 Å². The van der Waals surface area contributed by atoms with Crippen molar-refractivity contribution in [1.29, 1.82) is 0 Å². The van der Waals surface area contributed by atoms with E-state index >= 15 is 0 Å². The number of rotatable bonds is 5. The first-order chi connectivity index (χ1) is 10.8. The van der Waals surface area contributed by atoms with Crippen molar-refractivity contribution < 1.29 is 13.2 Å². The largest absolute Gasteiger partial charge is 0.324 e. The lowest BCUT2D eigenvalue weighted by Gasteiger charge is -2.21. The molecule has 0 saturated carbocycles. The van der Waals surface area contributed by atoms with Crippen molar-refractivity contribution in [2.45, 2.75) is 0 Å². The van der Waals surface area contributed by atoms with Crippen molar-refractivity contribution in [3.63, 3.8) is 0 Å². The van der Waals surface area contributed by atoms with E-state index < -0.39 is 15.9 Å². The smallest absolute Gasteiger partial charge is 0.245 e. The second-order valence-electron chi connectivity index (χ2n) is 4.78. The number of sulfonamides is 1. The van der Waals surface area contributed by atoms with Gasteiger partial charge in [-0.1, -0.05) is 41.4 Å². The Morgan fingerprint density at radius 1 is 1.09 bits per heavy atom. The van der Waals surface area contributed by atoms with Gasteiger partial charge in [0.15, 0.2) is 0 Å². The standard InChI is InChI=1S/C15H14Cl2N2O3S/c1-23(21,22)19(12-5-3-2-4-6-12)10-15(20)18-11-7-8-13(16)14(17)9-11/h2-9H,10H2,1H3,(H,18,20). The molecule has 2 aromatic carbocycles. The van der Waals surface area contributed by atoms with Gasteiger partial charge in [-0.05, 0) is 30.3 Å². The summed E-state index contributed by atoms with van der Waals surface area (Å²) in [6.07, 6.45) is 1.05. The summed E-state index contributed by atoms with van der Waals surface area (Å²) in [5, 5.41) is 3.26. The molecule has 0 spiro atoms. The molecule has 1 amide bonds. The van der Waals surface area contributed by atoms with Crippen LogP contribution in [0, 0.1) is 0 Å². The molecule has 0 fully saturated rings. The fraction of sp³-hybridized carbons (Fsp3) is 0.133. The van der Waals surface area contributed by atoms with Gasteiger partial charge in [0.2, 0.25) is 15.9 Å². The van der Waals surface area contributed by atoms with Gasteiger partial charge < -0.3 is 5.32 Å². The zero-order valence-corrected chi connectivity index (χ0v) is 14.5. The highest BCUT2D eigenvalue weighted by atomic mass is 35.5.